The van der Waals surface area contributed by atoms with Crippen LogP contribution in [-0.4, -0.2) is 50.5 Å². The minimum Gasteiger partial charge on any atom is -0.354 e. The second-order valence-corrected chi connectivity index (χ2v) is 12.4. The molecule has 0 unspecified atom stereocenters. The third-order valence-electron chi connectivity index (χ3n) is 6.26. The summed E-state index contributed by atoms with van der Waals surface area (Å²) in [5, 5.41) is 3.44. The lowest BCUT2D eigenvalue weighted by Gasteiger charge is -2.34. The highest BCUT2D eigenvalue weighted by atomic mass is 35.5. The molecule has 0 aliphatic rings. The highest BCUT2D eigenvalue weighted by molar-refractivity contribution is 7.92. The van der Waals surface area contributed by atoms with Gasteiger partial charge in [-0.05, 0) is 47.7 Å². The minimum atomic E-state index is -3.84. The van der Waals surface area contributed by atoms with Gasteiger partial charge < -0.3 is 10.2 Å². The lowest BCUT2D eigenvalue weighted by atomic mass is 10.0. The summed E-state index contributed by atoms with van der Waals surface area (Å²) < 4.78 is 26.9. The Balaban J connectivity index is 2.04. The fourth-order valence-corrected chi connectivity index (χ4v) is 5.38. The summed E-state index contributed by atoms with van der Waals surface area (Å²) >= 11 is 6.10. The zero-order chi connectivity index (χ0) is 28.6. The topological polar surface area (TPSA) is 86.8 Å². The number of carbonyl (C=O) groups is 2. The molecule has 0 spiro atoms. The van der Waals surface area contributed by atoms with Crippen molar-refractivity contribution >= 4 is 39.1 Å². The van der Waals surface area contributed by atoms with E-state index in [2.05, 4.69) is 5.32 Å². The summed E-state index contributed by atoms with van der Waals surface area (Å²) in [5.74, 6) is -0.553. The number of hydrogen-bond donors (Lipinski definition) is 1. The van der Waals surface area contributed by atoms with E-state index in [0.29, 0.717) is 22.8 Å². The Hall–Kier alpha value is -3.36. The first-order valence-corrected chi connectivity index (χ1v) is 15.1. The number of nitrogens with zero attached hydrogens (tertiary/aromatic N) is 2. The van der Waals surface area contributed by atoms with Crippen LogP contribution in [0, 0.1) is 12.8 Å². The Labute approximate surface area is 236 Å². The van der Waals surface area contributed by atoms with E-state index in [0.717, 1.165) is 21.7 Å². The molecule has 2 amide bonds. The number of benzene rings is 3. The maximum absolute atomic E-state index is 14.0. The summed E-state index contributed by atoms with van der Waals surface area (Å²) in [6, 6.07) is 22.8. The molecule has 0 radical (unpaired) electrons. The molecule has 0 bridgehead atoms. The molecule has 1 N–H and O–H groups in total. The van der Waals surface area contributed by atoms with Crippen LogP contribution in [-0.2, 0) is 32.6 Å². The van der Waals surface area contributed by atoms with Gasteiger partial charge in [0, 0.05) is 24.5 Å². The normalized spacial score (nSPS) is 12.2. The molecule has 0 saturated carbocycles. The van der Waals surface area contributed by atoms with Gasteiger partial charge in [0.05, 0.1) is 11.9 Å². The summed E-state index contributed by atoms with van der Waals surface area (Å²) in [5.41, 5.74) is 2.69. The molecule has 0 saturated heterocycles. The van der Waals surface area contributed by atoms with Gasteiger partial charge in [-0.3, -0.25) is 13.9 Å². The predicted octanol–water partition coefficient (Wildman–Crippen LogP) is 4.83. The van der Waals surface area contributed by atoms with E-state index in [-0.39, 0.29) is 24.8 Å². The van der Waals surface area contributed by atoms with Crippen LogP contribution in [0.4, 0.5) is 5.69 Å². The van der Waals surface area contributed by atoms with E-state index in [1.165, 1.54) is 4.90 Å². The van der Waals surface area contributed by atoms with Crippen molar-refractivity contribution in [3.63, 3.8) is 0 Å². The lowest BCUT2D eigenvalue weighted by Crippen LogP contribution is -2.53. The first-order chi connectivity index (χ1) is 18.5. The van der Waals surface area contributed by atoms with E-state index in [1.807, 2.05) is 74.5 Å². The predicted molar refractivity (Wildman–Crippen MR) is 157 cm³/mol. The van der Waals surface area contributed by atoms with Crippen molar-refractivity contribution in [1.29, 1.82) is 0 Å². The number of hydrogen-bond acceptors (Lipinski definition) is 4. The Kier molecular flexibility index (Phi) is 10.5. The van der Waals surface area contributed by atoms with Crippen molar-refractivity contribution in [1.82, 2.24) is 10.2 Å². The summed E-state index contributed by atoms with van der Waals surface area (Å²) in [6.45, 7) is 5.87. The number of sulfonamides is 1. The van der Waals surface area contributed by atoms with Crippen molar-refractivity contribution in [2.45, 2.75) is 39.8 Å². The lowest BCUT2D eigenvalue weighted by molar-refractivity contribution is -0.140. The molecule has 0 heterocycles. The van der Waals surface area contributed by atoms with Crippen LogP contribution in [0.15, 0.2) is 78.9 Å². The van der Waals surface area contributed by atoms with Crippen molar-refractivity contribution in [2.75, 3.05) is 23.7 Å². The van der Waals surface area contributed by atoms with E-state index in [1.54, 1.807) is 25.1 Å². The monoisotopic (exact) mass is 569 g/mol. The van der Waals surface area contributed by atoms with Crippen LogP contribution >= 0.6 is 11.6 Å². The molecule has 0 aliphatic heterocycles. The second-order valence-electron chi connectivity index (χ2n) is 10.1. The van der Waals surface area contributed by atoms with Gasteiger partial charge in [-0.1, -0.05) is 86.1 Å². The highest BCUT2D eigenvalue weighted by Crippen LogP contribution is 2.26. The van der Waals surface area contributed by atoms with Crippen molar-refractivity contribution in [3.8, 4) is 0 Å². The average Bonchev–Trinajstić information content (AvgIpc) is 2.88. The van der Waals surface area contributed by atoms with Crippen molar-refractivity contribution in [2.24, 2.45) is 5.92 Å². The fourth-order valence-electron chi connectivity index (χ4n) is 4.25. The van der Waals surface area contributed by atoms with Gasteiger partial charge in [0.2, 0.25) is 21.8 Å². The molecule has 3 aromatic carbocycles. The zero-order valence-corrected chi connectivity index (χ0v) is 24.4. The number of anilines is 1. The molecule has 3 aromatic rings. The molecule has 9 heteroatoms. The minimum absolute atomic E-state index is 0.142. The van der Waals surface area contributed by atoms with E-state index in [9.17, 15) is 18.0 Å². The molecule has 1 atom stereocenters. The first kappa shape index (κ1) is 30.2. The summed E-state index contributed by atoms with van der Waals surface area (Å²) in [7, 11) is -3.84. The Morgan fingerprint density at radius 1 is 0.923 bits per heavy atom. The van der Waals surface area contributed by atoms with Crippen molar-refractivity contribution < 1.29 is 18.0 Å². The van der Waals surface area contributed by atoms with Crippen LogP contribution in [0.3, 0.4) is 0 Å². The van der Waals surface area contributed by atoms with Gasteiger partial charge in [-0.25, -0.2) is 8.42 Å². The Bertz CT molecular complexity index is 1370. The molecule has 3 rings (SSSR count). The quantitative estimate of drug-likeness (QED) is 0.338. The number of rotatable bonds is 12. The largest absolute Gasteiger partial charge is 0.354 e. The van der Waals surface area contributed by atoms with Gasteiger partial charge in [0.15, 0.2) is 0 Å². The maximum Gasteiger partial charge on any atom is 0.244 e. The standard InChI is InChI=1S/C30H36ClN3O4S/c1-22(2)19-32-30(36)28(18-24-11-7-5-8-12-24)33(20-25-13-9-6-10-14-25)29(35)21-34(39(4,37)38)27-16-15-26(31)17-23(27)3/h5-17,22,28H,18-21H2,1-4H3,(H,32,36)/t28-/m0/s1. The van der Waals surface area contributed by atoms with Gasteiger partial charge in [0.1, 0.15) is 12.6 Å². The Morgan fingerprint density at radius 3 is 2.05 bits per heavy atom. The van der Waals surface area contributed by atoms with Crippen LogP contribution in [0.5, 0.6) is 0 Å². The van der Waals surface area contributed by atoms with Gasteiger partial charge in [-0.2, -0.15) is 0 Å². The summed E-state index contributed by atoms with van der Waals surface area (Å²) in [4.78, 5) is 29.1. The molecule has 0 aromatic heterocycles. The Morgan fingerprint density at radius 2 is 1.51 bits per heavy atom. The van der Waals surface area contributed by atoms with E-state index >= 15 is 0 Å². The number of halogens is 1. The highest BCUT2D eigenvalue weighted by Gasteiger charge is 2.33. The van der Waals surface area contributed by atoms with Crippen LogP contribution in [0.1, 0.15) is 30.5 Å². The maximum atomic E-state index is 14.0. The molecule has 0 fully saturated rings. The average molecular weight is 570 g/mol. The third kappa shape index (κ3) is 8.83. The molecule has 208 valence electrons. The van der Waals surface area contributed by atoms with E-state index < -0.39 is 28.5 Å². The molecule has 39 heavy (non-hydrogen) atoms. The van der Waals surface area contributed by atoms with Crippen LogP contribution in [0.25, 0.3) is 0 Å². The van der Waals surface area contributed by atoms with Crippen LogP contribution in [0.2, 0.25) is 5.02 Å². The van der Waals surface area contributed by atoms with Gasteiger partial charge in [0.25, 0.3) is 0 Å². The van der Waals surface area contributed by atoms with Crippen LogP contribution < -0.4 is 9.62 Å². The van der Waals surface area contributed by atoms with E-state index in [4.69, 9.17) is 11.6 Å². The molecule has 0 aliphatic carbocycles. The molecule has 7 nitrogen and oxygen atoms in total. The fraction of sp³-hybridized carbons (Fsp3) is 0.333. The third-order valence-corrected chi connectivity index (χ3v) is 7.62. The SMILES string of the molecule is Cc1cc(Cl)ccc1N(CC(=O)N(Cc1ccccc1)[C@@H](Cc1ccccc1)C(=O)NCC(C)C)S(C)(=O)=O. The molecular formula is C30H36ClN3O4S. The number of aryl methyl sites for hydroxylation is 1. The van der Waals surface area contributed by atoms with Crippen molar-refractivity contribution in [3.05, 3.63) is 101 Å². The van der Waals surface area contributed by atoms with Gasteiger partial charge in [-0.15, -0.1) is 0 Å². The zero-order valence-electron chi connectivity index (χ0n) is 22.8. The smallest absolute Gasteiger partial charge is 0.244 e. The summed E-state index contributed by atoms with van der Waals surface area (Å²) in [6.07, 6.45) is 1.34. The first-order valence-electron chi connectivity index (χ1n) is 12.8. The number of amides is 2. The number of carbonyl (C=O) groups excluding carboxylic acids is 2. The second kappa shape index (κ2) is 13.6. The molecular weight excluding hydrogens is 534 g/mol. The van der Waals surface area contributed by atoms with Gasteiger partial charge >= 0.3 is 0 Å². The number of nitrogens with one attached hydrogen (secondary N) is 1.